The number of nitrogens with zero attached hydrogens (tertiary/aromatic N) is 3. The number of rotatable bonds is 10. The number of nitrogens with one attached hydrogen (secondary N) is 1. The maximum Gasteiger partial charge on any atom is 0.277 e. The van der Waals surface area contributed by atoms with Crippen molar-refractivity contribution in [2.75, 3.05) is 18.5 Å². The van der Waals surface area contributed by atoms with Gasteiger partial charge >= 0.3 is 0 Å². The summed E-state index contributed by atoms with van der Waals surface area (Å²) in [5.41, 5.74) is 0.726. The number of carbonyl (C=O) groups is 1. The standard InChI is InChI=1S/C21H24N4O4/c1-3-27-20(28-4-2)15-25-14-18(23-24-25)21(26)22-17-12-8-9-13-19(17)29-16-10-6-5-7-11-16/h5-14,20H,3-4,15H2,1-2H3,(H,22,26). The van der Waals surface area contributed by atoms with E-state index in [2.05, 4.69) is 15.6 Å². The van der Waals surface area contributed by atoms with Gasteiger partial charge in [0.25, 0.3) is 5.91 Å². The second kappa shape index (κ2) is 10.4. The number of benzene rings is 2. The lowest BCUT2D eigenvalue weighted by atomic mass is 10.2. The van der Waals surface area contributed by atoms with Gasteiger partial charge < -0.3 is 19.5 Å². The van der Waals surface area contributed by atoms with Gasteiger partial charge in [-0.25, -0.2) is 4.68 Å². The van der Waals surface area contributed by atoms with E-state index in [0.717, 1.165) is 0 Å². The van der Waals surface area contributed by atoms with E-state index < -0.39 is 6.29 Å². The van der Waals surface area contributed by atoms with Crippen molar-refractivity contribution >= 4 is 11.6 Å². The predicted octanol–water partition coefficient (Wildman–Crippen LogP) is 3.72. The van der Waals surface area contributed by atoms with Gasteiger partial charge in [-0.2, -0.15) is 0 Å². The first-order valence-electron chi connectivity index (χ1n) is 9.46. The average Bonchev–Trinajstić information content (AvgIpc) is 3.19. The highest BCUT2D eigenvalue weighted by Gasteiger charge is 2.16. The molecule has 0 bridgehead atoms. The molecule has 1 heterocycles. The second-order valence-corrected chi connectivity index (χ2v) is 6.03. The Morgan fingerprint density at radius 2 is 1.72 bits per heavy atom. The molecule has 152 valence electrons. The quantitative estimate of drug-likeness (QED) is 0.526. The topological polar surface area (TPSA) is 87.5 Å². The number of anilines is 1. The molecule has 8 heteroatoms. The number of amides is 1. The van der Waals surface area contributed by atoms with E-state index in [0.29, 0.717) is 36.9 Å². The van der Waals surface area contributed by atoms with Crippen molar-refractivity contribution in [3.05, 3.63) is 66.5 Å². The second-order valence-electron chi connectivity index (χ2n) is 6.03. The number of para-hydroxylation sites is 3. The number of hydrogen-bond donors (Lipinski definition) is 1. The predicted molar refractivity (Wildman–Crippen MR) is 108 cm³/mol. The molecule has 3 rings (SSSR count). The average molecular weight is 396 g/mol. The van der Waals surface area contributed by atoms with Crippen LogP contribution in [-0.2, 0) is 16.0 Å². The maximum atomic E-state index is 12.6. The van der Waals surface area contributed by atoms with Gasteiger partial charge in [-0.3, -0.25) is 4.79 Å². The molecule has 2 aromatic carbocycles. The van der Waals surface area contributed by atoms with Gasteiger partial charge in [0.05, 0.1) is 18.4 Å². The molecule has 0 atom stereocenters. The molecule has 1 amide bonds. The van der Waals surface area contributed by atoms with E-state index >= 15 is 0 Å². The van der Waals surface area contributed by atoms with Crippen LogP contribution in [0.3, 0.4) is 0 Å². The Morgan fingerprint density at radius 1 is 1.03 bits per heavy atom. The molecule has 0 unspecified atom stereocenters. The van der Waals surface area contributed by atoms with E-state index in [4.69, 9.17) is 14.2 Å². The summed E-state index contributed by atoms with van der Waals surface area (Å²) in [6.45, 7) is 5.16. The zero-order valence-electron chi connectivity index (χ0n) is 16.4. The fraction of sp³-hybridized carbons (Fsp3) is 0.286. The van der Waals surface area contributed by atoms with Crippen molar-refractivity contribution in [3.8, 4) is 11.5 Å². The van der Waals surface area contributed by atoms with E-state index in [1.807, 2.05) is 56.3 Å². The fourth-order valence-corrected chi connectivity index (χ4v) is 2.63. The molecule has 0 saturated heterocycles. The van der Waals surface area contributed by atoms with E-state index in [-0.39, 0.29) is 11.6 Å². The van der Waals surface area contributed by atoms with E-state index in [9.17, 15) is 4.79 Å². The Balaban J connectivity index is 1.67. The van der Waals surface area contributed by atoms with Crippen LogP contribution >= 0.6 is 0 Å². The first-order chi connectivity index (χ1) is 14.2. The summed E-state index contributed by atoms with van der Waals surface area (Å²) in [5.74, 6) is 0.829. The zero-order valence-corrected chi connectivity index (χ0v) is 16.4. The lowest BCUT2D eigenvalue weighted by molar-refractivity contribution is -0.145. The van der Waals surface area contributed by atoms with Crippen molar-refractivity contribution in [3.63, 3.8) is 0 Å². The highest BCUT2D eigenvalue weighted by molar-refractivity contribution is 6.03. The first-order valence-corrected chi connectivity index (χ1v) is 9.46. The summed E-state index contributed by atoms with van der Waals surface area (Å²) >= 11 is 0. The van der Waals surface area contributed by atoms with Crippen LogP contribution in [0.1, 0.15) is 24.3 Å². The minimum absolute atomic E-state index is 0.186. The smallest absolute Gasteiger partial charge is 0.277 e. The normalized spacial score (nSPS) is 10.9. The Kier molecular flexibility index (Phi) is 7.32. The fourth-order valence-electron chi connectivity index (χ4n) is 2.63. The molecule has 0 aliphatic carbocycles. The van der Waals surface area contributed by atoms with Crippen LogP contribution in [0, 0.1) is 0 Å². The van der Waals surface area contributed by atoms with Crippen LogP contribution in [0.4, 0.5) is 5.69 Å². The van der Waals surface area contributed by atoms with Gasteiger partial charge in [-0.05, 0) is 38.1 Å². The molecule has 0 saturated carbocycles. The largest absolute Gasteiger partial charge is 0.455 e. The van der Waals surface area contributed by atoms with E-state index in [1.165, 1.54) is 4.68 Å². The van der Waals surface area contributed by atoms with Crippen molar-refractivity contribution in [2.24, 2.45) is 0 Å². The number of aromatic nitrogens is 3. The van der Waals surface area contributed by atoms with Crippen LogP contribution in [0.5, 0.6) is 11.5 Å². The minimum atomic E-state index is -0.442. The van der Waals surface area contributed by atoms with Gasteiger partial charge in [0.2, 0.25) is 0 Å². The summed E-state index contributed by atoms with van der Waals surface area (Å²) < 4.78 is 18.4. The molecule has 0 spiro atoms. The van der Waals surface area contributed by atoms with Crippen LogP contribution in [0.2, 0.25) is 0 Å². The van der Waals surface area contributed by atoms with Crippen molar-refractivity contribution < 1.29 is 19.0 Å². The van der Waals surface area contributed by atoms with Gasteiger partial charge in [0.1, 0.15) is 5.75 Å². The third kappa shape index (κ3) is 5.87. The first kappa shape index (κ1) is 20.5. The van der Waals surface area contributed by atoms with Crippen molar-refractivity contribution in [1.82, 2.24) is 15.0 Å². The number of hydrogen-bond acceptors (Lipinski definition) is 6. The molecule has 0 aliphatic heterocycles. The molecule has 0 radical (unpaired) electrons. The Labute approximate surface area is 169 Å². The Bertz CT molecular complexity index is 908. The highest BCUT2D eigenvalue weighted by Crippen LogP contribution is 2.29. The zero-order chi connectivity index (χ0) is 20.5. The van der Waals surface area contributed by atoms with Gasteiger partial charge in [0, 0.05) is 13.2 Å². The third-order valence-corrected chi connectivity index (χ3v) is 3.92. The molecular formula is C21H24N4O4. The lowest BCUT2D eigenvalue weighted by Crippen LogP contribution is -2.24. The van der Waals surface area contributed by atoms with Crippen molar-refractivity contribution in [2.45, 2.75) is 26.7 Å². The molecule has 3 aromatic rings. The Morgan fingerprint density at radius 3 is 2.45 bits per heavy atom. The van der Waals surface area contributed by atoms with Gasteiger partial charge in [-0.15, -0.1) is 5.10 Å². The van der Waals surface area contributed by atoms with Crippen LogP contribution in [0.25, 0.3) is 0 Å². The van der Waals surface area contributed by atoms with Crippen LogP contribution < -0.4 is 10.1 Å². The molecule has 1 aromatic heterocycles. The summed E-state index contributed by atoms with van der Waals surface area (Å²) in [5, 5.41) is 10.8. The Hall–Kier alpha value is -3.23. The molecule has 1 N–H and O–H groups in total. The molecule has 0 aliphatic rings. The van der Waals surface area contributed by atoms with E-state index in [1.54, 1.807) is 18.3 Å². The lowest BCUT2D eigenvalue weighted by Gasteiger charge is -2.16. The summed E-state index contributed by atoms with van der Waals surface area (Å²) in [4.78, 5) is 12.6. The van der Waals surface area contributed by atoms with Crippen LogP contribution in [0.15, 0.2) is 60.8 Å². The molecular weight excluding hydrogens is 372 g/mol. The summed E-state index contributed by atoms with van der Waals surface area (Å²) in [6, 6.07) is 16.6. The minimum Gasteiger partial charge on any atom is -0.455 e. The summed E-state index contributed by atoms with van der Waals surface area (Å²) in [7, 11) is 0. The highest BCUT2D eigenvalue weighted by atomic mass is 16.7. The van der Waals surface area contributed by atoms with Crippen molar-refractivity contribution in [1.29, 1.82) is 0 Å². The number of carbonyl (C=O) groups excluding carboxylic acids is 1. The monoisotopic (exact) mass is 396 g/mol. The van der Waals surface area contributed by atoms with Crippen LogP contribution in [-0.4, -0.2) is 40.4 Å². The molecule has 0 fully saturated rings. The molecule has 8 nitrogen and oxygen atoms in total. The maximum absolute atomic E-state index is 12.6. The third-order valence-electron chi connectivity index (χ3n) is 3.92. The summed E-state index contributed by atoms with van der Waals surface area (Å²) in [6.07, 6.45) is 1.11. The van der Waals surface area contributed by atoms with Gasteiger partial charge in [-0.1, -0.05) is 35.5 Å². The van der Waals surface area contributed by atoms with Gasteiger partial charge in [0.15, 0.2) is 17.7 Å². The SMILES string of the molecule is CCOC(Cn1cc(C(=O)Nc2ccccc2Oc2ccccc2)nn1)OCC. The number of ether oxygens (including phenoxy) is 3. The molecule has 29 heavy (non-hydrogen) atoms.